The molecule has 1 rings (SSSR count). The molecule has 3 nitrogen and oxygen atoms in total. The number of hydrogen-bond donors (Lipinski definition) is 2. The highest BCUT2D eigenvalue weighted by atomic mass is 16.1. The van der Waals surface area contributed by atoms with Crippen LogP contribution in [0.4, 0.5) is 0 Å². The van der Waals surface area contributed by atoms with Crippen molar-refractivity contribution < 1.29 is 4.79 Å². The molecule has 1 amide bonds. The summed E-state index contributed by atoms with van der Waals surface area (Å²) in [6.07, 6.45) is 3.82. The summed E-state index contributed by atoms with van der Waals surface area (Å²) in [5.41, 5.74) is 5.78. The van der Waals surface area contributed by atoms with E-state index >= 15 is 0 Å². The molecule has 1 aliphatic carbocycles. The van der Waals surface area contributed by atoms with Gasteiger partial charge in [-0.05, 0) is 39.0 Å². The fourth-order valence-electron chi connectivity index (χ4n) is 1.42. The molecule has 1 saturated carbocycles. The third-order valence-electron chi connectivity index (χ3n) is 3.01. The van der Waals surface area contributed by atoms with Crippen LogP contribution in [-0.4, -0.2) is 17.5 Å². The molecule has 0 heterocycles. The first-order valence-corrected chi connectivity index (χ1v) is 5.51. The van der Waals surface area contributed by atoms with E-state index in [1.807, 2.05) is 13.8 Å². The smallest absolute Gasteiger partial charge is 0.221 e. The van der Waals surface area contributed by atoms with Crippen molar-refractivity contribution >= 4 is 5.91 Å². The number of nitrogens with two attached hydrogens (primary N) is 1. The van der Waals surface area contributed by atoms with Crippen LogP contribution in [0, 0.1) is 5.92 Å². The van der Waals surface area contributed by atoms with E-state index in [0.717, 1.165) is 6.42 Å². The summed E-state index contributed by atoms with van der Waals surface area (Å²) in [5, 5.41) is 3.00. The minimum Gasteiger partial charge on any atom is -0.351 e. The maximum absolute atomic E-state index is 11.6. The summed E-state index contributed by atoms with van der Waals surface area (Å²) in [4.78, 5) is 11.6. The lowest BCUT2D eigenvalue weighted by atomic mass is 10.0. The number of nitrogens with one attached hydrogen (secondary N) is 1. The molecule has 3 heteroatoms. The predicted molar refractivity (Wildman–Crippen MR) is 57.8 cm³/mol. The number of rotatable bonds is 5. The lowest BCUT2D eigenvalue weighted by Gasteiger charge is -2.25. The lowest BCUT2D eigenvalue weighted by Crippen LogP contribution is -2.45. The Morgan fingerprint density at radius 1 is 1.57 bits per heavy atom. The Hall–Kier alpha value is -0.570. The van der Waals surface area contributed by atoms with Gasteiger partial charge in [-0.2, -0.15) is 0 Å². The van der Waals surface area contributed by atoms with Crippen LogP contribution in [0.15, 0.2) is 0 Å². The van der Waals surface area contributed by atoms with Gasteiger partial charge in [0.1, 0.15) is 0 Å². The SMILES string of the molecule is CCC(C)(C)NC(=O)CC(N)C1CC1. The van der Waals surface area contributed by atoms with Gasteiger partial charge in [0.15, 0.2) is 0 Å². The van der Waals surface area contributed by atoms with Gasteiger partial charge >= 0.3 is 0 Å². The normalized spacial score (nSPS) is 19.1. The number of carbonyl (C=O) groups excluding carboxylic acids is 1. The van der Waals surface area contributed by atoms with Crippen LogP contribution < -0.4 is 11.1 Å². The van der Waals surface area contributed by atoms with Crippen LogP contribution in [-0.2, 0) is 4.79 Å². The molecule has 0 bridgehead atoms. The average molecular weight is 198 g/mol. The molecule has 1 atom stereocenters. The van der Waals surface area contributed by atoms with Crippen molar-refractivity contribution in [3.05, 3.63) is 0 Å². The minimum atomic E-state index is -0.0969. The Labute approximate surface area is 86.4 Å². The van der Waals surface area contributed by atoms with Gasteiger partial charge < -0.3 is 11.1 Å². The van der Waals surface area contributed by atoms with E-state index in [2.05, 4.69) is 12.2 Å². The van der Waals surface area contributed by atoms with Crippen molar-refractivity contribution in [2.24, 2.45) is 11.7 Å². The molecule has 0 saturated heterocycles. The molecule has 0 aliphatic heterocycles. The van der Waals surface area contributed by atoms with Gasteiger partial charge in [0.05, 0.1) is 0 Å². The monoisotopic (exact) mass is 198 g/mol. The molecule has 0 aromatic heterocycles. The van der Waals surface area contributed by atoms with Crippen LogP contribution >= 0.6 is 0 Å². The van der Waals surface area contributed by atoms with Crippen LogP contribution in [0.25, 0.3) is 0 Å². The van der Waals surface area contributed by atoms with Gasteiger partial charge in [0.25, 0.3) is 0 Å². The number of carbonyl (C=O) groups is 1. The van der Waals surface area contributed by atoms with Gasteiger partial charge in [0.2, 0.25) is 5.91 Å². The Kier molecular flexibility index (Phi) is 3.53. The molecule has 0 radical (unpaired) electrons. The summed E-state index contributed by atoms with van der Waals surface area (Å²) in [7, 11) is 0. The van der Waals surface area contributed by atoms with Gasteiger partial charge in [-0.3, -0.25) is 4.79 Å². The van der Waals surface area contributed by atoms with Gasteiger partial charge in [-0.15, -0.1) is 0 Å². The van der Waals surface area contributed by atoms with Crippen LogP contribution in [0.2, 0.25) is 0 Å². The van der Waals surface area contributed by atoms with E-state index in [0.29, 0.717) is 12.3 Å². The zero-order valence-corrected chi connectivity index (χ0v) is 9.47. The Balaban J connectivity index is 2.27. The summed E-state index contributed by atoms with van der Waals surface area (Å²) in [5.74, 6) is 0.696. The highest BCUT2D eigenvalue weighted by Crippen LogP contribution is 2.32. The van der Waals surface area contributed by atoms with Crippen molar-refractivity contribution in [1.82, 2.24) is 5.32 Å². The van der Waals surface area contributed by atoms with Crippen LogP contribution in [0.1, 0.15) is 46.5 Å². The van der Waals surface area contributed by atoms with Crippen molar-refractivity contribution in [2.45, 2.75) is 58.0 Å². The average Bonchev–Trinajstić information content (AvgIpc) is 2.84. The molecule has 14 heavy (non-hydrogen) atoms. The van der Waals surface area contributed by atoms with E-state index in [9.17, 15) is 4.79 Å². The number of hydrogen-bond acceptors (Lipinski definition) is 2. The summed E-state index contributed by atoms with van der Waals surface area (Å²) in [6.45, 7) is 6.14. The second-order valence-corrected chi connectivity index (χ2v) is 4.99. The standard InChI is InChI=1S/C11H22N2O/c1-4-11(2,3)13-10(14)7-9(12)8-5-6-8/h8-9H,4-7,12H2,1-3H3,(H,13,14). The fraction of sp³-hybridized carbons (Fsp3) is 0.909. The highest BCUT2D eigenvalue weighted by Gasteiger charge is 2.30. The molecule has 1 aliphatic rings. The van der Waals surface area contributed by atoms with E-state index in [1.54, 1.807) is 0 Å². The topological polar surface area (TPSA) is 55.1 Å². The molecule has 3 N–H and O–H groups in total. The summed E-state index contributed by atoms with van der Waals surface area (Å²) >= 11 is 0. The number of amides is 1. The largest absolute Gasteiger partial charge is 0.351 e. The van der Waals surface area contributed by atoms with Crippen LogP contribution in [0.3, 0.4) is 0 Å². The first kappa shape index (κ1) is 11.5. The molecule has 1 unspecified atom stereocenters. The minimum absolute atomic E-state index is 0.0719. The van der Waals surface area contributed by atoms with E-state index in [4.69, 9.17) is 5.73 Å². The fourth-order valence-corrected chi connectivity index (χ4v) is 1.42. The van der Waals surface area contributed by atoms with Crippen molar-refractivity contribution in [1.29, 1.82) is 0 Å². The Morgan fingerprint density at radius 3 is 2.57 bits per heavy atom. The van der Waals surface area contributed by atoms with Gasteiger partial charge in [0, 0.05) is 18.0 Å². The van der Waals surface area contributed by atoms with Gasteiger partial charge in [-0.1, -0.05) is 6.92 Å². The Morgan fingerprint density at radius 2 is 2.14 bits per heavy atom. The second kappa shape index (κ2) is 4.30. The molecule has 1 fully saturated rings. The van der Waals surface area contributed by atoms with E-state index in [-0.39, 0.29) is 17.5 Å². The maximum atomic E-state index is 11.6. The maximum Gasteiger partial charge on any atom is 0.221 e. The van der Waals surface area contributed by atoms with Crippen molar-refractivity contribution in [3.8, 4) is 0 Å². The third kappa shape index (κ3) is 3.66. The molecule has 0 aromatic rings. The quantitative estimate of drug-likeness (QED) is 0.702. The predicted octanol–water partition coefficient (Wildman–Crippen LogP) is 1.42. The van der Waals surface area contributed by atoms with Crippen molar-refractivity contribution in [3.63, 3.8) is 0 Å². The first-order valence-electron chi connectivity index (χ1n) is 5.51. The molecule has 0 spiro atoms. The summed E-state index contributed by atoms with van der Waals surface area (Å²) in [6, 6.07) is 0.0719. The zero-order valence-electron chi connectivity index (χ0n) is 9.47. The molecular weight excluding hydrogens is 176 g/mol. The Bertz CT molecular complexity index is 209. The second-order valence-electron chi connectivity index (χ2n) is 4.99. The van der Waals surface area contributed by atoms with E-state index in [1.165, 1.54) is 12.8 Å². The lowest BCUT2D eigenvalue weighted by molar-refractivity contribution is -0.123. The van der Waals surface area contributed by atoms with E-state index < -0.39 is 0 Å². The third-order valence-corrected chi connectivity index (χ3v) is 3.01. The van der Waals surface area contributed by atoms with Gasteiger partial charge in [-0.25, -0.2) is 0 Å². The molecule has 0 aromatic carbocycles. The molecular formula is C11H22N2O. The van der Waals surface area contributed by atoms with Crippen molar-refractivity contribution in [2.75, 3.05) is 0 Å². The summed E-state index contributed by atoms with van der Waals surface area (Å²) < 4.78 is 0. The van der Waals surface area contributed by atoms with Crippen LogP contribution in [0.5, 0.6) is 0 Å². The molecule has 82 valence electrons. The zero-order chi connectivity index (χ0) is 10.8. The highest BCUT2D eigenvalue weighted by molar-refractivity contribution is 5.77. The first-order chi connectivity index (χ1) is 6.44.